The predicted molar refractivity (Wildman–Crippen MR) is 94.2 cm³/mol. The van der Waals surface area contributed by atoms with E-state index in [1.165, 1.54) is 49.7 Å². The highest BCUT2D eigenvalue weighted by atomic mass is 14.9. The fourth-order valence-corrected chi connectivity index (χ4v) is 3.60. The summed E-state index contributed by atoms with van der Waals surface area (Å²) in [5, 5.41) is 3.76. The van der Waals surface area contributed by atoms with Crippen molar-refractivity contribution in [3.63, 3.8) is 0 Å². The van der Waals surface area contributed by atoms with Gasteiger partial charge in [0.15, 0.2) is 0 Å². The topological polar surface area (TPSA) is 12.0 Å². The van der Waals surface area contributed by atoms with Crippen LogP contribution in [0.3, 0.4) is 0 Å². The van der Waals surface area contributed by atoms with Crippen molar-refractivity contribution in [2.24, 2.45) is 0 Å². The number of hydrogen-bond acceptors (Lipinski definition) is 1. The van der Waals surface area contributed by atoms with E-state index in [2.05, 4.69) is 66.0 Å². The third-order valence-electron chi connectivity index (χ3n) is 4.92. The highest BCUT2D eigenvalue weighted by Gasteiger charge is 2.21. The van der Waals surface area contributed by atoms with Gasteiger partial charge in [-0.1, -0.05) is 60.7 Å². The molecule has 1 aliphatic carbocycles. The molecule has 1 N–H and O–H groups in total. The molecule has 2 aromatic rings. The molecule has 116 valence electrons. The number of aryl methyl sites for hydroxylation is 1. The van der Waals surface area contributed by atoms with Crippen molar-refractivity contribution in [1.82, 2.24) is 5.32 Å². The predicted octanol–water partition coefficient (Wildman–Crippen LogP) is 4.94. The van der Waals surface area contributed by atoms with Gasteiger partial charge in [0.2, 0.25) is 0 Å². The lowest BCUT2D eigenvalue weighted by Crippen LogP contribution is -2.33. The number of hydrogen-bond donors (Lipinski definition) is 1. The summed E-state index contributed by atoms with van der Waals surface area (Å²) in [6, 6.07) is 22.6. The summed E-state index contributed by atoms with van der Waals surface area (Å²) in [6.45, 7) is 1.15. The first kappa shape index (κ1) is 15.3. The Hall–Kier alpha value is -1.60. The van der Waals surface area contributed by atoms with Crippen LogP contribution < -0.4 is 5.32 Å². The zero-order valence-electron chi connectivity index (χ0n) is 13.4. The molecule has 22 heavy (non-hydrogen) atoms. The van der Waals surface area contributed by atoms with Gasteiger partial charge < -0.3 is 5.32 Å². The summed E-state index contributed by atoms with van der Waals surface area (Å²) in [4.78, 5) is 0. The normalized spacial score (nSPS) is 21.6. The molecule has 3 rings (SSSR count). The summed E-state index contributed by atoms with van der Waals surface area (Å²) >= 11 is 0. The Balaban J connectivity index is 1.34. The summed E-state index contributed by atoms with van der Waals surface area (Å²) < 4.78 is 0. The first-order valence-electron chi connectivity index (χ1n) is 8.74. The molecule has 1 saturated carbocycles. The van der Waals surface area contributed by atoms with Gasteiger partial charge in [-0.25, -0.2) is 0 Å². The van der Waals surface area contributed by atoms with E-state index in [1.807, 2.05) is 0 Å². The van der Waals surface area contributed by atoms with Crippen LogP contribution in [0.2, 0.25) is 0 Å². The van der Waals surface area contributed by atoms with Crippen LogP contribution in [-0.4, -0.2) is 12.6 Å². The van der Waals surface area contributed by atoms with Gasteiger partial charge in [0.25, 0.3) is 0 Å². The molecule has 2 aromatic carbocycles. The Kier molecular flexibility index (Phi) is 5.66. The maximum Gasteiger partial charge on any atom is 0.00674 e. The van der Waals surface area contributed by atoms with Gasteiger partial charge >= 0.3 is 0 Å². The van der Waals surface area contributed by atoms with Gasteiger partial charge in [-0.05, 0) is 62.1 Å². The first-order chi connectivity index (χ1) is 10.9. The number of nitrogens with one attached hydrogen (secondary N) is 1. The van der Waals surface area contributed by atoms with Gasteiger partial charge in [-0.3, -0.25) is 0 Å². The standard InChI is InChI=1S/C21H27N/c1-3-8-18(9-4-1)10-7-17-22-21-15-13-20(14-16-21)19-11-5-2-6-12-19/h1-6,8-9,11-12,20-22H,7,10,13-17H2/t20-,21-. The molecule has 0 bridgehead atoms. The second-order valence-corrected chi connectivity index (χ2v) is 6.50. The van der Waals surface area contributed by atoms with Crippen LogP contribution in [0.25, 0.3) is 0 Å². The highest BCUT2D eigenvalue weighted by Crippen LogP contribution is 2.32. The van der Waals surface area contributed by atoms with E-state index in [0.717, 1.165) is 18.5 Å². The molecule has 0 unspecified atom stereocenters. The van der Waals surface area contributed by atoms with Crippen LogP contribution in [0.15, 0.2) is 60.7 Å². The zero-order valence-corrected chi connectivity index (χ0v) is 13.4. The second kappa shape index (κ2) is 8.14. The van der Waals surface area contributed by atoms with E-state index in [4.69, 9.17) is 0 Å². The third-order valence-corrected chi connectivity index (χ3v) is 4.92. The van der Waals surface area contributed by atoms with Crippen molar-refractivity contribution >= 4 is 0 Å². The molecule has 0 heterocycles. The van der Waals surface area contributed by atoms with E-state index in [0.29, 0.717) is 0 Å². The summed E-state index contributed by atoms with van der Waals surface area (Å²) in [5.74, 6) is 0.781. The molecule has 0 aromatic heterocycles. The van der Waals surface area contributed by atoms with Crippen LogP contribution in [-0.2, 0) is 6.42 Å². The Bertz CT molecular complexity index is 526. The maximum absolute atomic E-state index is 3.76. The van der Waals surface area contributed by atoms with Crippen LogP contribution >= 0.6 is 0 Å². The van der Waals surface area contributed by atoms with Crippen molar-refractivity contribution in [3.8, 4) is 0 Å². The minimum absolute atomic E-state index is 0.732. The molecule has 0 saturated heterocycles. The Labute approximate surface area is 134 Å². The molecular formula is C21H27N. The molecule has 0 aliphatic heterocycles. The molecule has 1 fully saturated rings. The monoisotopic (exact) mass is 293 g/mol. The van der Waals surface area contributed by atoms with E-state index in [-0.39, 0.29) is 0 Å². The molecule has 0 amide bonds. The molecule has 0 spiro atoms. The van der Waals surface area contributed by atoms with Crippen molar-refractivity contribution in [3.05, 3.63) is 71.8 Å². The quantitative estimate of drug-likeness (QED) is 0.744. The van der Waals surface area contributed by atoms with Gasteiger partial charge in [0, 0.05) is 6.04 Å². The lowest BCUT2D eigenvalue weighted by molar-refractivity contribution is 0.342. The van der Waals surface area contributed by atoms with E-state index >= 15 is 0 Å². The van der Waals surface area contributed by atoms with E-state index in [9.17, 15) is 0 Å². The summed E-state index contributed by atoms with van der Waals surface area (Å²) in [5.41, 5.74) is 2.99. The average molecular weight is 293 g/mol. The molecule has 1 aliphatic rings. The number of benzene rings is 2. The smallest absolute Gasteiger partial charge is 0.00674 e. The van der Waals surface area contributed by atoms with Crippen molar-refractivity contribution in [2.45, 2.75) is 50.5 Å². The zero-order chi connectivity index (χ0) is 15.0. The first-order valence-corrected chi connectivity index (χ1v) is 8.74. The van der Waals surface area contributed by atoms with Crippen LogP contribution in [0.5, 0.6) is 0 Å². The largest absolute Gasteiger partial charge is 0.314 e. The minimum atomic E-state index is 0.732. The second-order valence-electron chi connectivity index (χ2n) is 6.50. The summed E-state index contributed by atoms with van der Waals surface area (Å²) in [6.07, 6.45) is 7.74. The van der Waals surface area contributed by atoms with Crippen LogP contribution in [0.4, 0.5) is 0 Å². The van der Waals surface area contributed by atoms with Gasteiger partial charge in [-0.2, -0.15) is 0 Å². The van der Waals surface area contributed by atoms with E-state index < -0.39 is 0 Å². The maximum atomic E-state index is 3.76. The van der Waals surface area contributed by atoms with Crippen LogP contribution in [0.1, 0.15) is 49.1 Å². The molecule has 1 nitrogen and oxygen atoms in total. The lowest BCUT2D eigenvalue weighted by atomic mass is 9.82. The Morgan fingerprint density at radius 2 is 1.41 bits per heavy atom. The van der Waals surface area contributed by atoms with Crippen molar-refractivity contribution in [1.29, 1.82) is 0 Å². The minimum Gasteiger partial charge on any atom is -0.314 e. The van der Waals surface area contributed by atoms with Crippen LogP contribution in [0, 0.1) is 0 Å². The molecular weight excluding hydrogens is 266 g/mol. The fourth-order valence-electron chi connectivity index (χ4n) is 3.60. The summed E-state index contributed by atoms with van der Waals surface area (Å²) in [7, 11) is 0. The average Bonchev–Trinajstić information content (AvgIpc) is 2.61. The molecule has 0 radical (unpaired) electrons. The third kappa shape index (κ3) is 4.45. The molecule has 0 atom stereocenters. The van der Waals surface area contributed by atoms with Gasteiger partial charge in [0.1, 0.15) is 0 Å². The molecule has 1 heteroatoms. The van der Waals surface area contributed by atoms with Gasteiger partial charge in [-0.15, -0.1) is 0 Å². The van der Waals surface area contributed by atoms with E-state index in [1.54, 1.807) is 0 Å². The number of rotatable bonds is 6. The SMILES string of the molecule is c1ccc(CCCN[C@H]2CC[C@H](c3ccccc3)CC2)cc1. The van der Waals surface area contributed by atoms with Crippen molar-refractivity contribution < 1.29 is 0 Å². The highest BCUT2D eigenvalue weighted by molar-refractivity contribution is 5.20. The Morgan fingerprint density at radius 1 is 0.773 bits per heavy atom. The van der Waals surface area contributed by atoms with Gasteiger partial charge in [0.05, 0.1) is 0 Å². The Morgan fingerprint density at radius 3 is 2.09 bits per heavy atom. The lowest BCUT2D eigenvalue weighted by Gasteiger charge is -2.29. The fraction of sp³-hybridized carbons (Fsp3) is 0.429. The van der Waals surface area contributed by atoms with Crippen molar-refractivity contribution in [2.75, 3.05) is 6.54 Å².